The molecule has 0 aromatic heterocycles. The molecule has 2 aliphatic heterocycles. The van der Waals surface area contributed by atoms with Gasteiger partial charge < -0.3 is 10.2 Å². The van der Waals surface area contributed by atoms with Gasteiger partial charge in [0, 0.05) is 25.2 Å². The van der Waals surface area contributed by atoms with Crippen LogP contribution in [0.25, 0.3) is 0 Å². The first kappa shape index (κ1) is 12.8. The minimum Gasteiger partial charge on any atom is -0.338 e. The monoisotopic (exact) mass is 239 g/mol. The van der Waals surface area contributed by atoms with Crippen LogP contribution in [0.15, 0.2) is 0 Å². The summed E-state index contributed by atoms with van der Waals surface area (Å²) in [5.74, 6) is 0.779. The largest absolute Gasteiger partial charge is 0.338 e. The average Bonchev–Trinajstić information content (AvgIpc) is 2.67. The first-order chi connectivity index (χ1) is 7.92. The number of nitrogens with zero attached hydrogens (tertiary/aromatic N) is 2. The molecule has 0 spiro atoms. The fourth-order valence-electron chi connectivity index (χ4n) is 2.79. The van der Waals surface area contributed by atoms with Crippen molar-refractivity contribution in [1.29, 1.82) is 0 Å². The lowest BCUT2D eigenvalue weighted by atomic mass is 9.97. The molecule has 2 rings (SSSR count). The Morgan fingerprint density at radius 3 is 2.59 bits per heavy atom. The summed E-state index contributed by atoms with van der Waals surface area (Å²) in [6.45, 7) is 10.2. The number of carbonyl (C=O) groups excluding carboxylic acids is 1. The molecular formula is C13H25N3O. The van der Waals surface area contributed by atoms with Crippen molar-refractivity contribution in [2.75, 3.05) is 33.2 Å². The number of hydrogen-bond acceptors (Lipinski definition) is 3. The Morgan fingerprint density at radius 1 is 1.35 bits per heavy atom. The molecule has 2 fully saturated rings. The van der Waals surface area contributed by atoms with Crippen molar-refractivity contribution in [3.8, 4) is 0 Å². The number of rotatable bonds is 1. The van der Waals surface area contributed by atoms with Gasteiger partial charge in [-0.3, -0.25) is 9.69 Å². The van der Waals surface area contributed by atoms with Crippen LogP contribution in [0.5, 0.6) is 0 Å². The van der Waals surface area contributed by atoms with E-state index >= 15 is 0 Å². The van der Waals surface area contributed by atoms with E-state index in [4.69, 9.17) is 0 Å². The molecule has 4 heteroatoms. The summed E-state index contributed by atoms with van der Waals surface area (Å²) in [5.41, 5.74) is 0.0930. The SMILES string of the molecule is CC1CCNC1C(=O)N1CCN(C)C(C)(C)C1. The summed E-state index contributed by atoms with van der Waals surface area (Å²) in [6.07, 6.45) is 1.12. The fraction of sp³-hybridized carbons (Fsp3) is 0.923. The van der Waals surface area contributed by atoms with E-state index in [1.807, 2.05) is 4.90 Å². The second-order valence-electron chi connectivity index (χ2n) is 6.19. The van der Waals surface area contributed by atoms with Crippen molar-refractivity contribution < 1.29 is 4.79 Å². The normalized spacial score (nSPS) is 34.0. The molecule has 2 aliphatic rings. The van der Waals surface area contributed by atoms with E-state index in [0.717, 1.165) is 32.6 Å². The first-order valence-electron chi connectivity index (χ1n) is 6.65. The van der Waals surface area contributed by atoms with Crippen LogP contribution in [0.4, 0.5) is 0 Å². The third-order valence-electron chi connectivity index (χ3n) is 4.43. The van der Waals surface area contributed by atoms with Crippen molar-refractivity contribution in [3.05, 3.63) is 0 Å². The summed E-state index contributed by atoms with van der Waals surface area (Å²) in [5, 5.41) is 3.34. The molecule has 0 radical (unpaired) electrons. The molecule has 0 bridgehead atoms. The molecule has 1 N–H and O–H groups in total. The van der Waals surface area contributed by atoms with Gasteiger partial charge in [0.15, 0.2) is 0 Å². The first-order valence-corrected chi connectivity index (χ1v) is 6.65. The van der Waals surface area contributed by atoms with Crippen LogP contribution < -0.4 is 5.32 Å². The Morgan fingerprint density at radius 2 is 2.06 bits per heavy atom. The Balaban J connectivity index is 2.01. The Kier molecular flexibility index (Phi) is 3.46. The summed E-state index contributed by atoms with van der Waals surface area (Å²) in [7, 11) is 2.14. The maximum absolute atomic E-state index is 12.5. The van der Waals surface area contributed by atoms with Gasteiger partial charge in [0.05, 0.1) is 6.04 Å². The van der Waals surface area contributed by atoms with Crippen molar-refractivity contribution in [3.63, 3.8) is 0 Å². The second-order valence-corrected chi connectivity index (χ2v) is 6.19. The number of likely N-dealkylation sites (N-methyl/N-ethyl adjacent to an activating group) is 1. The minimum absolute atomic E-state index is 0.0502. The van der Waals surface area contributed by atoms with Crippen molar-refractivity contribution in [1.82, 2.24) is 15.1 Å². The van der Waals surface area contributed by atoms with Gasteiger partial charge in [-0.1, -0.05) is 6.92 Å². The predicted octanol–water partition coefficient (Wildman–Crippen LogP) is 0.537. The molecule has 2 heterocycles. The van der Waals surface area contributed by atoms with Gasteiger partial charge in [0.25, 0.3) is 0 Å². The van der Waals surface area contributed by atoms with Crippen molar-refractivity contribution in [2.45, 2.75) is 38.8 Å². The van der Waals surface area contributed by atoms with Gasteiger partial charge >= 0.3 is 0 Å². The molecule has 2 atom stereocenters. The number of piperazine rings is 1. The smallest absolute Gasteiger partial charge is 0.240 e. The van der Waals surface area contributed by atoms with E-state index in [2.05, 4.69) is 38.0 Å². The van der Waals surface area contributed by atoms with Gasteiger partial charge in [-0.05, 0) is 39.8 Å². The molecule has 0 aliphatic carbocycles. The van der Waals surface area contributed by atoms with Crippen LogP contribution in [-0.4, -0.2) is 60.5 Å². The van der Waals surface area contributed by atoms with Gasteiger partial charge in [-0.2, -0.15) is 0 Å². The lowest BCUT2D eigenvalue weighted by Gasteiger charge is -2.46. The number of nitrogens with one attached hydrogen (secondary N) is 1. The summed E-state index contributed by atoms with van der Waals surface area (Å²) < 4.78 is 0. The number of hydrogen-bond donors (Lipinski definition) is 1. The van der Waals surface area contributed by atoms with Gasteiger partial charge in [-0.25, -0.2) is 0 Å². The fourth-order valence-corrected chi connectivity index (χ4v) is 2.79. The zero-order valence-electron chi connectivity index (χ0n) is 11.5. The van der Waals surface area contributed by atoms with Gasteiger partial charge in [0.1, 0.15) is 0 Å². The molecule has 17 heavy (non-hydrogen) atoms. The van der Waals surface area contributed by atoms with Crippen LogP contribution in [0.3, 0.4) is 0 Å². The molecular weight excluding hydrogens is 214 g/mol. The van der Waals surface area contributed by atoms with E-state index in [1.165, 1.54) is 0 Å². The standard InChI is InChI=1S/C13H25N3O/c1-10-5-6-14-11(10)12(17)16-8-7-15(4)13(2,3)9-16/h10-11,14H,5-9H2,1-4H3. The molecule has 98 valence electrons. The highest BCUT2D eigenvalue weighted by Crippen LogP contribution is 2.22. The van der Waals surface area contributed by atoms with E-state index in [9.17, 15) is 4.79 Å². The molecule has 2 unspecified atom stereocenters. The van der Waals surface area contributed by atoms with E-state index in [0.29, 0.717) is 11.8 Å². The quantitative estimate of drug-likeness (QED) is 0.725. The third-order valence-corrected chi connectivity index (χ3v) is 4.43. The molecule has 1 amide bonds. The molecule has 4 nitrogen and oxygen atoms in total. The summed E-state index contributed by atoms with van der Waals surface area (Å²) in [6, 6.07) is 0.0502. The predicted molar refractivity (Wildman–Crippen MR) is 68.9 cm³/mol. The minimum atomic E-state index is 0.0502. The average molecular weight is 239 g/mol. The molecule has 2 saturated heterocycles. The van der Waals surface area contributed by atoms with Crippen LogP contribution in [0.2, 0.25) is 0 Å². The van der Waals surface area contributed by atoms with Gasteiger partial charge in [0.2, 0.25) is 5.91 Å². The highest BCUT2D eigenvalue weighted by molar-refractivity contribution is 5.82. The van der Waals surface area contributed by atoms with Crippen molar-refractivity contribution >= 4 is 5.91 Å². The Hall–Kier alpha value is -0.610. The topological polar surface area (TPSA) is 35.6 Å². The molecule has 0 aromatic carbocycles. The van der Waals surface area contributed by atoms with Crippen molar-refractivity contribution in [2.24, 2.45) is 5.92 Å². The van der Waals surface area contributed by atoms with Crippen LogP contribution >= 0.6 is 0 Å². The zero-order valence-corrected chi connectivity index (χ0v) is 11.5. The Bertz CT molecular complexity index is 303. The molecule has 0 aromatic rings. The Labute approximate surface area is 104 Å². The second kappa shape index (κ2) is 4.58. The highest BCUT2D eigenvalue weighted by Gasteiger charge is 2.38. The lowest BCUT2D eigenvalue weighted by molar-refractivity contribution is -0.138. The van der Waals surface area contributed by atoms with Crippen LogP contribution in [0.1, 0.15) is 27.2 Å². The van der Waals surface area contributed by atoms with E-state index in [1.54, 1.807) is 0 Å². The summed E-state index contributed by atoms with van der Waals surface area (Å²) in [4.78, 5) is 16.8. The molecule has 0 saturated carbocycles. The number of amides is 1. The highest BCUT2D eigenvalue weighted by atomic mass is 16.2. The van der Waals surface area contributed by atoms with Crippen LogP contribution in [-0.2, 0) is 4.79 Å². The zero-order chi connectivity index (χ0) is 12.6. The summed E-state index contributed by atoms with van der Waals surface area (Å²) >= 11 is 0. The van der Waals surface area contributed by atoms with E-state index in [-0.39, 0.29) is 11.6 Å². The third kappa shape index (κ3) is 2.47. The van der Waals surface area contributed by atoms with Gasteiger partial charge in [-0.15, -0.1) is 0 Å². The van der Waals surface area contributed by atoms with Crippen LogP contribution in [0, 0.1) is 5.92 Å². The van der Waals surface area contributed by atoms with E-state index < -0.39 is 0 Å². The number of carbonyl (C=O) groups is 1. The maximum atomic E-state index is 12.5. The maximum Gasteiger partial charge on any atom is 0.240 e. The lowest BCUT2D eigenvalue weighted by Crippen LogP contribution is -2.61.